The van der Waals surface area contributed by atoms with Gasteiger partial charge in [0.05, 0.1) is 0 Å². The minimum atomic E-state index is -0.566. The summed E-state index contributed by atoms with van der Waals surface area (Å²) in [7, 11) is 0. The smallest absolute Gasteiger partial charge is 0.240 e. The van der Waals surface area contributed by atoms with Crippen molar-refractivity contribution in [1.29, 1.82) is 0 Å². The third-order valence-corrected chi connectivity index (χ3v) is 4.65. The van der Waals surface area contributed by atoms with E-state index in [1.807, 2.05) is 30.5 Å². The van der Waals surface area contributed by atoms with Gasteiger partial charge in [-0.1, -0.05) is 36.0 Å². The van der Waals surface area contributed by atoms with Crippen LogP contribution in [-0.4, -0.2) is 39.3 Å². The number of nitrogens with one attached hydrogen (secondary N) is 2. The van der Waals surface area contributed by atoms with Gasteiger partial charge >= 0.3 is 0 Å². The van der Waals surface area contributed by atoms with Gasteiger partial charge in [0.15, 0.2) is 5.17 Å². The third-order valence-electron chi connectivity index (χ3n) is 4.09. The Morgan fingerprint density at radius 1 is 1.20 bits per heavy atom. The van der Waals surface area contributed by atoms with Gasteiger partial charge < -0.3 is 10.4 Å². The minimum Gasteiger partial charge on any atom is -0.492 e. The van der Waals surface area contributed by atoms with Crippen molar-refractivity contribution in [2.75, 3.05) is 11.6 Å². The normalized spacial score (nSPS) is 21.8. The zero-order chi connectivity index (χ0) is 17.6. The van der Waals surface area contributed by atoms with E-state index in [1.54, 1.807) is 11.1 Å². The zero-order valence-electron chi connectivity index (χ0n) is 13.2. The number of aliphatic hydroxyl groups excluding tert-OH is 1. The number of amidine groups is 1. The molecule has 25 heavy (non-hydrogen) atoms. The quantitative estimate of drug-likeness (QED) is 0.523. The predicted molar refractivity (Wildman–Crippen MR) is 96.6 cm³/mol. The molecular weight excluding hydrogens is 340 g/mol. The molecule has 2 heterocycles. The molecule has 0 spiro atoms. The molecule has 0 saturated heterocycles. The molecule has 8 heteroatoms. The van der Waals surface area contributed by atoms with E-state index in [1.165, 1.54) is 23.9 Å². The summed E-state index contributed by atoms with van der Waals surface area (Å²) in [5.74, 6) is -1.22. The van der Waals surface area contributed by atoms with Crippen molar-refractivity contribution in [3.05, 3.63) is 59.5 Å². The molecule has 0 radical (unpaired) electrons. The number of carbonyl (C=O) groups excluding carboxylic acids is 2. The number of allylic oxidation sites excluding steroid dienone is 2. The first-order valence-electron chi connectivity index (χ1n) is 7.54. The summed E-state index contributed by atoms with van der Waals surface area (Å²) >= 11 is 1.35. The number of hydrogen-bond acceptors (Lipinski definition) is 8. The second kappa shape index (κ2) is 5.82. The molecule has 4 rings (SSSR count). The number of ketones is 2. The van der Waals surface area contributed by atoms with Gasteiger partial charge in [-0.2, -0.15) is 4.99 Å². The maximum Gasteiger partial charge on any atom is 0.240 e. The Kier molecular flexibility index (Phi) is 3.61. The van der Waals surface area contributed by atoms with Crippen molar-refractivity contribution in [1.82, 2.24) is 10.4 Å². The number of aliphatic imine (C=N–C) groups is 1. The van der Waals surface area contributed by atoms with Crippen LogP contribution in [0.5, 0.6) is 0 Å². The maximum atomic E-state index is 11.8. The summed E-state index contributed by atoms with van der Waals surface area (Å²) in [5.41, 5.74) is 5.85. The van der Waals surface area contributed by atoms with Crippen molar-refractivity contribution >= 4 is 39.9 Å². The van der Waals surface area contributed by atoms with E-state index in [0.29, 0.717) is 16.4 Å². The number of rotatable bonds is 1. The van der Waals surface area contributed by atoms with Crippen molar-refractivity contribution in [2.45, 2.75) is 6.17 Å². The molecular formula is C17H14N4O3S. The summed E-state index contributed by atoms with van der Waals surface area (Å²) in [6.45, 7) is 0. The number of carbonyl (C=O) groups is 2. The first-order chi connectivity index (χ1) is 12.1. The lowest BCUT2D eigenvalue weighted by atomic mass is 9.98. The van der Waals surface area contributed by atoms with Gasteiger partial charge in [0.1, 0.15) is 11.9 Å². The molecule has 0 amide bonds. The topological polar surface area (TPSA) is 94.0 Å². The molecule has 3 aliphatic rings. The van der Waals surface area contributed by atoms with Gasteiger partial charge in [0, 0.05) is 16.8 Å². The van der Waals surface area contributed by atoms with Gasteiger partial charge in [0.25, 0.3) is 0 Å². The van der Waals surface area contributed by atoms with E-state index in [9.17, 15) is 14.7 Å². The summed E-state index contributed by atoms with van der Waals surface area (Å²) in [4.78, 5) is 27.4. The predicted octanol–water partition coefficient (Wildman–Crippen LogP) is 1.80. The van der Waals surface area contributed by atoms with Gasteiger partial charge in [-0.25, -0.2) is 0 Å². The highest BCUT2D eigenvalue weighted by Gasteiger charge is 2.37. The van der Waals surface area contributed by atoms with Crippen LogP contribution in [0.4, 0.5) is 5.69 Å². The number of benzene rings is 1. The van der Waals surface area contributed by atoms with E-state index in [0.717, 1.165) is 11.3 Å². The average molecular weight is 354 g/mol. The Labute approximate surface area is 147 Å². The molecule has 126 valence electrons. The van der Waals surface area contributed by atoms with Crippen LogP contribution in [0.15, 0.2) is 58.9 Å². The minimum absolute atomic E-state index is 0.107. The number of fused-ring (bicyclic) bond motifs is 3. The molecule has 1 aromatic carbocycles. The molecule has 0 aromatic heterocycles. The SMILES string of the molecule is CSC1=NC(O)=C2c3ccccc3N[C@H](C3=CC(=O)C(=O)C=C3)N2N1. The van der Waals surface area contributed by atoms with E-state index in [2.05, 4.69) is 15.7 Å². The number of anilines is 1. The number of thioether (sulfide) groups is 1. The van der Waals surface area contributed by atoms with E-state index >= 15 is 0 Å². The molecule has 1 atom stereocenters. The first-order valence-corrected chi connectivity index (χ1v) is 8.76. The number of para-hydroxylation sites is 1. The molecule has 0 bridgehead atoms. The fraction of sp³-hybridized carbons (Fsp3) is 0.118. The van der Waals surface area contributed by atoms with Crippen LogP contribution < -0.4 is 10.7 Å². The Morgan fingerprint density at radius 3 is 2.76 bits per heavy atom. The molecule has 1 aliphatic carbocycles. The Bertz CT molecular complexity index is 916. The van der Waals surface area contributed by atoms with Gasteiger partial charge in [-0.3, -0.25) is 20.0 Å². The van der Waals surface area contributed by atoms with Crippen molar-refractivity contribution in [2.24, 2.45) is 4.99 Å². The second-order valence-corrected chi connectivity index (χ2v) is 6.37. The highest BCUT2D eigenvalue weighted by molar-refractivity contribution is 8.13. The second-order valence-electron chi connectivity index (χ2n) is 5.57. The van der Waals surface area contributed by atoms with Crippen molar-refractivity contribution in [3.8, 4) is 0 Å². The Morgan fingerprint density at radius 2 is 2.00 bits per heavy atom. The van der Waals surface area contributed by atoms with Crippen LogP contribution >= 0.6 is 11.8 Å². The summed E-state index contributed by atoms with van der Waals surface area (Å²) < 4.78 is 0. The zero-order valence-corrected chi connectivity index (χ0v) is 14.0. The lowest BCUT2D eigenvalue weighted by molar-refractivity contribution is -0.131. The molecule has 1 aromatic rings. The molecule has 7 nitrogen and oxygen atoms in total. The molecule has 2 aliphatic heterocycles. The Balaban J connectivity index is 1.85. The highest BCUT2D eigenvalue weighted by Crippen LogP contribution is 2.38. The van der Waals surface area contributed by atoms with Crippen LogP contribution in [0.1, 0.15) is 5.56 Å². The standard InChI is InChI=1S/C17H14N4O3S/c1-25-17-19-16(24)14-10-4-2-3-5-11(10)18-15(21(14)20-17)9-6-7-12(22)13(23)8-9/h2-8,15,18,24H,1H3,(H,19,20)/t15-/m0/s1. The summed E-state index contributed by atoms with van der Waals surface area (Å²) in [6.07, 6.45) is 5.53. The lowest BCUT2D eigenvalue weighted by Crippen LogP contribution is -2.54. The largest absolute Gasteiger partial charge is 0.492 e. The summed E-state index contributed by atoms with van der Waals surface area (Å²) in [5, 5.41) is 16.1. The molecule has 0 saturated carbocycles. The van der Waals surface area contributed by atoms with Gasteiger partial charge in [-0.15, -0.1) is 0 Å². The number of aliphatic hydroxyl groups is 1. The van der Waals surface area contributed by atoms with Crippen LogP contribution in [0, 0.1) is 0 Å². The highest BCUT2D eigenvalue weighted by atomic mass is 32.2. The molecule has 3 N–H and O–H groups in total. The lowest BCUT2D eigenvalue weighted by Gasteiger charge is -2.43. The molecule has 0 unspecified atom stereocenters. The van der Waals surface area contributed by atoms with Crippen LogP contribution in [-0.2, 0) is 9.59 Å². The van der Waals surface area contributed by atoms with Crippen LogP contribution in [0.3, 0.4) is 0 Å². The third kappa shape index (κ3) is 2.51. The number of nitrogens with zero attached hydrogens (tertiary/aromatic N) is 2. The van der Waals surface area contributed by atoms with E-state index in [4.69, 9.17) is 0 Å². The number of hydrogen-bond donors (Lipinski definition) is 3. The van der Waals surface area contributed by atoms with Gasteiger partial charge in [0.2, 0.25) is 17.4 Å². The maximum absolute atomic E-state index is 11.8. The van der Waals surface area contributed by atoms with Crippen molar-refractivity contribution in [3.63, 3.8) is 0 Å². The Hall–Kier alpha value is -3.00. The van der Waals surface area contributed by atoms with Crippen LogP contribution in [0.25, 0.3) is 5.70 Å². The fourth-order valence-electron chi connectivity index (χ4n) is 2.93. The van der Waals surface area contributed by atoms with Crippen molar-refractivity contribution < 1.29 is 14.7 Å². The average Bonchev–Trinajstić information content (AvgIpc) is 2.63. The monoisotopic (exact) mass is 354 g/mol. The number of hydrazine groups is 1. The fourth-order valence-corrected chi connectivity index (χ4v) is 3.30. The summed E-state index contributed by atoms with van der Waals surface area (Å²) in [6, 6.07) is 7.50. The van der Waals surface area contributed by atoms with E-state index in [-0.39, 0.29) is 5.88 Å². The molecule has 0 fully saturated rings. The van der Waals surface area contributed by atoms with Gasteiger partial charge in [-0.05, 0) is 24.5 Å². The first kappa shape index (κ1) is 15.5. The van der Waals surface area contributed by atoms with Crippen LogP contribution in [0.2, 0.25) is 0 Å². The van der Waals surface area contributed by atoms with E-state index < -0.39 is 17.7 Å².